The van der Waals surface area contributed by atoms with Crippen LogP contribution in [0, 0.1) is 5.92 Å². The summed E-state index contributed by atoms with van der Waals surface area (Å²) in [5, 5.41) is 17.8. The lowest BCUT2D eigenvalue weighted by atomic mass is 9.94. The summed E-state index contributed by atoms with van der Waals surface area (Å²) in [5.74, 6) is 0.507. The number of aliphatic hydroxyl groups is 1. The van der Waals surface area contributed by atoms with E-state index in [9.17, 15) is 5.11 Å². The first-order chi connectivity index (χ1) is 8.44. The molecule has 0 bridgehead atoms. The lowest BCUT2D eigenvalue weighted by Gasteiger charge is -2.25. The van der Waals surface area contributed by atoms with Gasteiger partial charge in [0, 0.05) is 25.8 Å². The second kappa shape index (κ2) is 6.90. The summed E-state index contributed by atoms with van der Waals surface area (Å²) in [6.45, 7) is 10.6. The molecule has 1 atom stereocenters. The average molecular weight is 253 g/mol. The van der Waals surface area contributed by atoms with Crippen LogP contribution in [0.1, 0.15) is 46.2 Å². The zero-order chi connectivity index (χ0) is 13.6. The van der Waals surface area contributed by atoms with E-state index in [-0.39, 0.29) is 0 Å². The lowest BCUT2D eigenvalue weighted by molar-refractivity contribution is 0.0382. The van der Waals surface area contributed by atoms with E-state index in [0.29, 0.717) is 12.5 Å². The van der Waals surface area contributed by atoms with Crippen LogP contribution in [0.25, 0.3) is 0 Å². The van der Waals surface area contributed by atoms with E-state index in [0.717, 1.165) is 25.9 Å². The number of aromatic nitrogens is 2. The van der Waals surface area contributed by atoms with Gasteiger partial charge in [-0.15, -0.1) is 0 Å². The Morgan fingerprint density at radius 2 is 2.22 bits per heavy atom. The molecule has 0 aliphatic carbocycles. The van der Waals surface area contributed by atoms with E-state index in [4.69, 9.17) is 0 Å². The average Bonchev–Trinajstić information content (AvgIpc) is 2.64. The second-order valence-electron chi connectivity index (χ2n) is 5.74. The van der Waals surface area contributed by atoms with Gasteiger partial charge in [-0.3, -0.25) is 4.68 Å². The molecule has 0 saturated heterocycles. The van der Waals surface area contributed by atoms with Crippen molar-refractivity contribution >= 4 is 0 Å². The van der Waals surface area contributed by atoms with Gasteiger partial charge in [0.1, 0.15) is 0 Å². The third-order valence-electron chi connectivity index (χ3n) is 2.90. The van der Waals surface area contributed by atoms with Crippen LogP contribution in [0.3, 0.4) is 0 Å². The molecule has 4 heteroatoms. The van der Waals surface area contributed by atoms with Gasteiger partial charge in [-0.1, -0.05) is 20.8 Å². The van der Waals surface area contributed by atoms with E-state index in [1.807, 2.05) is 23.9 Å². The predicted molar refractivity (Wildman–Crippen MR) is 74.3 cm³/mol. The van der Waals surface area contributed by atoms with Gasteiger partial charge in [0.25, 0.3) is 0 Å². The molecule has 4 nitrogen and oxygen atoms in total. The maximum atomic E-state index is 10.2. The van der Waals surface area contributed by atoms with Crippen LogP contribution in [0.15, 0.2) is 12.3 Å². The van der Waals surface area contributed by atoms with Crippen molar-refractivity contribution in [2.75, 3.05) is 6.54 Å². The monoisotopic (exact) mass is 253 g/mol. The van der Waals surface area contributed by atoms with E-state index >= 15 is 0 Å². The number of nitrogens with one attached hydrogen (secondary N) is 1. The normalized spacial score (nSPS) is 15.0. The molecule has 1 rings (SSSR count). The highest BCUT2D eigenvalue weighted by atomic mass is 16.3. The fourth-order valence-corrected chi connectivity index (χ4v) is 2.33. The fraction of sp³-hybridized carbons (Fsp3) is 0.786. The highest BCUT2D eigenvalue weighted by molar-refractivity contribution is 5.00. The molecule has 104 valence electrons. The molecule has 0 amide bonds. The standard InChI is InChI=1S/C14H27N3O/c1-5-8-17-13(6-7-16-17)10-15-11-14(4,18)9-12(2)3/h6-7,12,15,18H,5,8-11H2,1-4H3. The molecule has 18 heavy (non-hydrogen) atoms. The Labute approximate surface area is 110 Å². The van der Waals surface area contributed by atoms with Crippen molar-refractivity contribution in [1.29, 1.82) is 0 Å². The van der Waals surface area contributed by atoms with Gasteiger partial charge in [-0.25, -0.2) is 0 Å². The molecule has 0 spiro atoms. The molecule has 0 radical (unpaired) electrons. The number of hydrogen-bond donors (Lipinski definition) is 2. The first-order valence-corrected chi connectivity index (χ1v) is 6.88. The topological polar surface area (TPSA) is 50.1 Å². The minimum absolute atomic E-state index is 0.507. The summed E-state index contributed by atoms with van der Waals surface area (Å²) in [4.78, 5) is 0. The van der Waals surface area contributed by atoms with E-state index in [1.165, 1.54) is 5.69 Å². The van der Waals surface area contributed by atoms with Crippen molar-refractivity contribution in [3.8, 4) is 0 Å². The molecule has 0 fully saturated rings. The highest BCUT2D eigenvalue weighted by Crippen LogP contribution is 2.15. The van der Waals surface area contributed by atoms with Crippen LogP contribution in [0.5, 0.6) is 0 Å². The molecule has 1 aromatic heterocycles. The maximum Gasteiger partial charge on any atom is 0.0746 e. The van der Waals surface area contributed by atoms with Crippen molar-refractivity contribution in [3.05, 3.63) is 18.0 Å². The van der Waals surface area contributed by atoms with Crippen molar-refractivity contribution in [2.45, 2.75) is 59.2 Å². The van der Waals surface area contributed by atoms with Gasteiger partial charge in [0.2, 0.25) is 0 Å². The molecule has 1 unspecified atom stereocenters. The number of rotatable bonds is 8. The van der Waals surface area contributed by atoms with Gasteiger partial charge in [0.15, 0.2) is 0 Å². The smallest absolute Gasteiger partial charge is 0.0746 e. The largest absolute Gasteiger partial charge is 0.389 e. The van der Waals surface area contributed by atoms with Crippen molar-refractivity contribution in [1.82, 2.24) is 15.1 Å². The molecular formula is C14H27N3O. The highest BCUT2D eigenvalue weighted by Gasteiger charge is 2.21. The molecule has 0 saturated carbocycles. The molecular weight excluding hydrogens is 226 g/mol. The molecule has 2 N–H and O–H groups in total. The zero-order valence-electron chi connectivity index (χ0n) is 12.1. The molecule has 0 aliphatic heterocycles. The van der Waals surface area contributed by atoms with Crippen molar-refractivity contribution in [3.63, 3.8) is 0 Å². The SMILES string of the molecule is CCCn1nccc1CNCC(C)(O)CC(C)C. The summed E-state index contributed by atoms with van der Waals surface area (Å²) in [7, 11) is 0. The Balaban J connectivity index is 2.39. The van der Waals surface area contributed by atoms with Crippen LogP contribution in [0.2, 0.25) is 0 Å². The quantitative estimate of drug-likeness (QED) is 0.746. The van der Waals surface area contributed by atoms with Crippen LogP contribution in [-0.4, -0.2) is 27.0 Å². The summed E-state index contributed by atoms with van der Waals surface area (Å²) in [6.07, 6.45) is 3.73. The molecule has 1 aromatic rings. The Hall–Kier alpha value is -0.870. The maximum absolute atomic E-state index is 10.2. The fourth-order valence-electron chi connectivity index (χ4n) is 2.33. The van der Waals surface area contributed by atoms with Crippen molar-refractivity contribution < 1.29 is 5.11 Å². The number of aryl methyl sites for hydroxylation is 1. The van der Waals surface area contributed by atoms with Gasteiger partial charge >= 0.3 is 0 Å². The third kappa shape index (κ3) is 5.19. The lowest BCUT2D eigenvalue weighted by Crippen LogP contribution is -2.38. The minimum Gasteiger partial charge on any atom is -0.389 e. The second-order valence-corrected chi connectivity index (χ2v) is 5.74. The van der Waals surface area contributed by atoms with Crippen LogP contribution in [-0.2, 0) is 13.1 Å². The first-order valence-electron chi connectivity index (χ1n) is 6.88. The Morgan fingerprint density at radius 1 is 1.50 bits per heavy atom. The Bertz CT molecular complexity index is 345. The molecule has 1 heterocycles. The summed E-state index contributed by atoms with van der Waals surface area (Å²) >= 11 is 0. The summed E-state index contributed by atoms with van der Waals surface area (Å²) < 4.78 is 2.02. The summed E-state index contributed by atoms with van der Waals surface area (Å²) in [5.41, 5.74) is 0.543. The van der Waals surface area contributed by atoms with Gasteiger partial charge in [-0.05, 0) is 31.7 Å². The number of nitrogens with zero attached hydrogens (tertiary/aromatic N) is 2. The zero-order valence-corrected chi connectivity index (χ0v) is 12.1. The van der Waals surface area contributed by atoms with Gasteiger partial charge in [-0.2, -0.15) is 5.10 Å². The Kier molecular flexibility index (Phi) is 5.82. The summed E-state index contributed by atoms with van der Waals surface area (Å²) in [6, 6.07) is 2.03. The van der Waals surface area contributed by atoms with Crippen LogP contribution >= 0.6 is 0 Å². The van der Waals surface area contributed by atoms with E-state index in [2.05, 4.69) is 31.2 Å². The van der Waals surface area contributed by atoms with Crippen LogP contribution < -0.4 is 5.32 Å². The third-order valence-corrected chi connectivity index (χ3v) is 2.90. The van der Waals surface area contributed by atoms with E-state index in [1.54, 1.807) is 0 Å². The van der Waals surface area contributed by atoms with Crippen LogP contribution in [0.4, 0.5) is 0 Å². The first kappa shape index (κ1) is 15.2. The molecule has 0 aliphatic rings. The number of hydrogen-bond acceptors (Lipinski definition) is 3. The van der Waals surface area contributed by atoms with Crippen molar-refractivity contribution in [2.24, 2.45) is 5.92 Å². The predicted octanol–water partition coefficient (Wildman–Crippen LogP) is 2.18. The Morgan fingerprint density at radius 3 is 2.83 bits per heavy atom. The van der Waals surface area contributed by atoms with Gasteiger partial charge < -0.3 is 10.4 Å². The minimum atomic E-state index is -0.635. The van der Waals surface area contributed by atoms with Gasteiger partial charge in [0.05, 0.1) is 11.3 Å². The molecule has 0 aromatic carbocycles. The van der Waals surface area contributed by atoms with E-state index < -0.39 is 5.60 Å².